The van der Waals surface area contributed by atoms with Crippen LogP contribution in [0.15, 0.2) is 24.3 Å². The summed E-state index contributed by atoms with van der Waals surface area (Å²) >= 11 is 0. The first-order chi connectivity index (χ1) is 10.5. The maximum absolute atomic E-state index is 12.1. The van der Waals surface area contributed by atoms with Gasteiger partial charge in [0, 0.05) is 12.6 Å². The first kappa shape index (κ1) is 15.9. The van der Waals surface area contributed by atoms with E-state index in [9.17, 15) is 24.8 Å². The summed E-state index contributed by atoms with van der Waals surface area (Å²) in [5.41, 5.74) is -0.256. The van der Waals surface area contributed by atoms with Crippen LogP contribution in [0.2, 0.25) is 0 Å². The number of carboxylic acids is 1. The Bertz CT molecular complexity index is 587. The van der Waals surface area contributed by atoms with Crippen LogP contribution in [0, 0.1) is 22.0 Å². The van der Waals surface area contributed by atoms with Gasteiger partial charge in [0.15, 0.2) is 0 Å². The van der Waals surface area contributed by atoms with Crippen molar-refractivity contribution in [2.24, 2.45) is 11.8 Å². The lowest BCUT2D eigenvalue weighted by Gasteiger charge is -2.28. The Morgan fingerprint density at radius 2 is 1.95 bits per heavy atom. The van der Waals surface area contributed by atoms with Crippen molar-refractivity contribution in [3.05, 3.63) is 39.9 Å². The first-order valence-electron chi connectivity index (χ1n) is 7.25. The monoisotopic (exact) mass is 306 g/mol. The van der Waals surface area contributed by atoms with E-state index < -0.39 is 22.7 Å². The minimum absolute atomic E-state index is 0.00446. The molecule has 1 aromatic rings. The number of nitro benzene ring substituents is 1. The highest BCUT2D eigenvalue weighted by Gasteiger charge is 2.31. The molecule has 2 atom stereocenters. The molecular formula is C15H18N2O5. The molecule has 118 valence electrons. The summed E-state index contributed by atoms with van der Waals surface area (Å²) in [5.74, 6) is -1.97. The number of hydrogen-bond acceptors (Lipinski definition) is 4. The van der Waals surface area contributed by atoms with Gasteiger partial charge in [-0.2, -0.15) is 0 Å². The summed E-state index contributed by atoms with van der Waals surface area (Å²) in [7, 11) is 0. The number of nitro groups is 1. The lowest BCUT2D eigenvalue weighted by molar-refractivity contribution is -0.385. The van der Waals surface area contributed by atoms with Crippen LogP contribution < -0.4 is 5.32 Å². The van der Waals surface area contributed by atoms with Crippen LogP contribution in [-0.2, 0) is 4.79 Å². The van der Waals surface area contributed by atoms with E-state index in [0.717, 1.165) is 19.3 Å². The van der Waals surface area contributed by atoms with E-state index in [1.807, 2.05) is 0 Å². The van der Waals surface area contributed by atoms with Gasteiger partial charge in [-0.1, -0.05) is 25.0 Å². The predicted molar refractivity (Wildman–Crippen MR) is 78.5 cm³/mol. The van der Waals surface area contributed by atoms with Crippen LogP contribution in [0.25, 0.3) is 0 Å². The maximum Gasteiger partial charge on any atom is 0.306 e. The summed E-state index contributed by atoms with van der Waals surface area (Å²) in [6, 6.07) is 5.72. The number of carbonyl (C=O) groups excluding carboxylic acids is 1. The van der Waals surface area contributed by atoms with Gasteiger partial charge in [0.25, 0.3) is 11.6 Å². The van der Waals surface area contributed by atoms with E-state index in [1.54, 1.807) is 6.07 Å². The zero-order valence-corrected chi connectivity index (χ0v) is 12.0. The number of carboxylic acid groups (broad SMARTS) is 1. The largest absolute Gasteiger partial charge is 0.481 e. The molecule has 0 heterocycles. The fraction of sp³-hybridized carbons (Fsp3) is 0.467. The van der Waals surface area contributed by atoms with Gasteiger partial charge in [0.05, 0.1) is 10.8 Å². The minimum atomic E-state index is -0.843. The molecule has 2 N–H and O–H groups in total. The highest BCUT2D eigenvalue weighted by Crippen LogP contribution is 2.30. The molecular weight excluding hydrogens is 288 g/mol. The van der Waals surface area contributed by atoms with Gasteiger partial charge in [-0.05, 0) is 24.8 Å². The number of aliphatic carboxylic acids is 1. The van der Waals surface area contributed by atoms with Gasteiger partial charge in [-0.25, -0.2) is 0 Å². The molecule has 0 aliphatic heterocycles. The van der Waals surface area contributed by atoms with E-state index in [-0.39, 0.29) is 23.7 Å². The molecule has 1 fully saturated rings. The highest BCUT2D eigenvalue weighted by atomic mass is 16.6. The van der Waals surface area contributed by atoms with Gasteiger partial charge < -0.3 is 10.4 Å². The molecule has 7 heteroatoms. The van der Waals surface area contributed by atoms with Crippen molar-refractivity contribution < 1.29 is 19.6 Å². The minimum Gasteiger partial charge on any atom is -0.481 e. The molecule has 0 bridgehead atoms. The molecule has 0 aromatic heterocycles. The second kappa shape index (κ2) is 7.02. The van der Waals surface area contributed by atoms with Crippen molar-refractivity contribution in [1.29, 1.82) is 0 Å². The molecule has 0 radical (unpaired) electrons. The molecule has 1 aromatic carbocycles. The molecule has 0 unspecified atom stereocenters. The van der Waals surface area contributed by atoms with Gasteiger partial charge in [-0.3, -0.25) is 19.7 Å². The van der Waals surface area contributed by atoms with Crippen molar-refractivity contribution >= 4 is 17.6 Å². The summed E-state index contributed by atoms with van der Waals surface area (Å²) < 4.78 is 0. The summed E-state index contributed by atoms with van der Waals surface area (Å²) in [4.78, 5) is 33.7. The molecule has 0 spiro atoms. The number of rotatable bonds is 5. The van der Waals surface area contributed by atoms with E-state index in [4.69, 9.17) is 0 Å². The molecule has 2 rings (SSSR count). The topological polar surface area (TPSA) is 110 Å². The Kier molecular flexibility index (Phi) is 5.08. The smallest absolute Gasteiger partial charge is 0.306 e. The Hall–Kier alpha value is -2.44. The summed E-state index contributed by atoms with van der Waals surface area (Å²) in [5, 5.41) is 22.8. The molecule has 7 nitrogen and oxygen atoms in total. The van der Waals surface area contributed by atoms with Crippen LogP contribution >= 0.6 is 0 Å². The Morgan fingerprint density at radius 3 is 2.64 bits per heavy atom. The number of hydrogen-bond donors (Lipinski definition) is 2. The number of benzene rings is 1. The lowest BCUT2D eigenvalue weighted by Crippen LogP contribution is -2.37. The van der Waals surface area contributed by atoms with Crippen molar-refractivity contribution in [2.45, 2.75) is 25.7 Å². The molecule has 22 heavy (non-hydrogen) atoms. The number of nitrogens with one attached hydrogen (secondary N) is 1. The van der Waals surface area contributed by atoms with E-state index >= 15 is 0 Å². The Labute approximate surface area is 127 Å². The van der Waals surface area contributed by atoms with Crippen LogP contribution in [0.1, 0.15) is 36.0 Å². The fourth-order valence-electron chi connectivity index (χ4n) is 2.92. The number of nitrogens with zero attached hydrogens (tertiary/aromatic N) is 1. The molecule has 1 aliphatic rings. The van der Waals surface area contributed by atoms with Crippen LogP contribution in [0.4, 0.5) is 5.69 Å². The number of carbonyl (C=O) groups is 2. The zero-order valence-electron chi connectivity index (χ0n) is 12.0. The van der Waals surface area contributed by atoms with Gasteiger partial charge >= 0.3 is 5.97 Å². The average Bonchev–Trinajstić information content (AvgIpc) is 2.52. The zero-order chi connectivity index (χ0) is 16.1. The maximum atomic E-state index is 12.1. The van der Waals surface area contributed by atoms with Crippen molar-refractivity contribution in [2.75, 3.05) is 6.54 Å². The van der Waals surface area contributed by atoms with Gasteiger partial charge in [0.1, 0.15) is 5.56 Å². The third kappa shape index (κ3) is 3.60. The Morgan fingerprint density at radius 1 is 1.27 bits per heavy atom. The normalized spacial score (nSPS) is 21.1. The van der Waals surface area contributed by atoms with Crippen LogP contribution in [0.5, 0.6) is 0 Å². The van der Waals surface area contributed by atoms with E-state index in [1.165, 1.54) is 18.2 Å². The second-order valence-corrected chi connectivity index (χ2v) is 5.47. The van der Waals surface area contributed by atoms with E-state index in [2.05, 4.69) is 5.32 Å². The first-order valence-corrected chi connectivity index (χ1v) is 7.25. The number of amides is 1. The lowest BCUT2D eigenvalue weighted by atomic mass is 9.79. The Balaban J connectivity index is 2.03. The predicted octanol–water partition coefficient (Wildman–Crippen LogP) is 2.22. The van der Waals surface area contributed by atoms with E-state index in [0.29, 0.717) is 6.42 Å². The third-order valence-electron chi connectivity index (χ3n) is 4.10. The van der Waals surface area contributed by atoms with Crippen molar-refractivity contribution in [1.82, 2.24) is 5.32 Å². The molecule has 1 saturated carbocycles. The quantitative estimate of drug-likeness (QED) is 0.640. The van der Waals surface area contributed by atoms with Crippen molar-refractivity contribution in [3.8, 4) is 0 Å². The molecule has 1 aliphatic carbocycles. The fourth-order valence-corrected chi connectivity index (χ4v) is 2.92. The van der Waals surface area contributed by atoms with Crippen LogP contribution in [-0.4, -0.2) is 28.5 Å². The standard InChI is InChI=1S/C15H18N2O5/c18-14(12-7-3-4-8-13(12)17(21)22)16-9-10-5-1-2-6-11(10)15(19)20/h3-4,7-8,10-11H,1-2,5-6,9H2,(H,16,18)(H,19,20)/t10-,11-/m0/s1. The molecule has 0 saturated heterocycles. The van der Waals surface area contributed by atoms with Crippen molar-refractivity contribution in [3.63, 3.8) is 0 Å². The third-order valence-corrected chi connectivity index (χ3v) is 4.10. The second-order valence-electron chi connectivity index (χ2n) is 5.47. The number of para-hydroxylation sites is 1. The van der Waals surface area contributed by atoms with Gasteiger partial charge in [0.2, 0.25) is 0 Å². The molecule has 1 amide bonds. The SMILES string of the molecule is O=C(NC[C@@H]1CCCC[C@@H]1C(=O)O)c1ccccc1[N+](=O)[O-]. The summed E-state index contributed by atoms with van der Waals surface area (Å²) in [6.45, 7) is 0.224. The highest BCUT2D eigenvalue weighted by molar-refractivity contribution is 5.98. The van der Waals surface area contributed by atoms with Gasteiger partial charge in [-0.15, -0.1) is 0 Å². The summed E-state index contributed by atoms with van der Waals surface area (Å²) in [6.07, 6.45) is 3.18. The van der Waals surface area contributed by atoms with Crippen LogP contribution in [0.3, 0.4) is 0 Å². The average molecular weight is 306 g/mol.